The van der Waals surface area contributed by atoms with E-state index >= 15 is 0 Å². The molecule has 7 heteroatoms. The van der Waals surface area contributed by atoms with Crippen LogP contribution in [0.4, 0.5) is 0 Å². The van der Waals surface area contributed by atoms with Crippen molar-refractivity contribution in [1.82, 2.24) is 10.1 Å². The first-order valence-corrected chi connectivity index (χ1v) is 7.54. The standard InChI is InChI=1S/C12H14N2O4S/c1-3-19(15,16)8-11-13-12(14-18-11)9-6-4-5-7-10(9)17-2/h4-7H,3,8H2,1-2H3. The lowest BCUT2D eigenvalue weighted by Crippen LogP contribution is -2.06. The molecule has 0 fully saturated rings. The van der Waals surface area contributed by atoms with E-state index in [9.17, 15) is 8.42 Å². The fraction of sp³-hybridized carbons (Fsp3) is 0.333. The smallest absolute Gasteiger partial charge is 0.242 e. The Morgan fingerprint density at radius 2 is 2.05 bits per heavy atom. The summed E-state index contributed by atoms with van der Waals surface area (Å²) >= 11 is 0. The van der Waals surface area contributed by atoms with Gasteiger partial charge < -0.3 is 9.26 Å². The van der Waals surface area contributed by atoms with E-state index in [1.54, 1.807) is 26.2 Å². The minimum atomic E-state index is -3.18. The van der Waals surface area contributed by atoms with E-state index in [2.05, 4.69) is 10.1 Å². The van der Waals surface area contributed by atoms with Crippen molar-refractivity contribution in [1.29, 1.82) is 0 Å². The molecule has 0 amide bonds. The molecule has 0 N–H and O–H groups in total. The first kappa shape index (κ1) is 13.5. The van der Waals surface area contributed by atoms with Crippen LogP contribution in [0.3, 0.4) is 0 Å². The number of methoxy groups -OCH3 is 1. The van der Waals surface area contributed by atoms with Crippen molar-refractivity contribution in [3.8, 4) is 17.1 Å². The van der Waals surface area contributed by atoms with Crippen LogP contribution in [0.25, 0.3) is 11.4 Å². The van der Waals surface area contributed by atoms with Crippen molar-refractivity contribution in [2.75, 3.05) is 12.9 Å². The Labute approximate surface area is 111 Å². The maximum absolute atomic E-state index is 11.5. The Bertz CT molecular complexity index is 664. The van der Waals surface area contributed by atoms with Gasteiger partial charge in [0.05, 0.1) is 12.7 Å². The number of benzene rings is 1. The molecule has 1 aromatic heterocycles. The average molecular weight is 282 g/mol. The number of rotatable bonds is 5. The van der Waals surface area contributed by atoms with E-state index in [4.69, 9.17) is 9.26 Å². The van der Waals surface area contributed by atoms with E-state index < -0.39 is 9.84 Å². The molecule has 0 bridgehead atoms. The molecule has 102 valence electrons. The van der Waals surface area contributed by atoms with Crippen LogP contribution in [0.1, 0.15) is 12.8 Å². The summed E-state index contributed by atoms with van der Waals surface area (Å²) in [6.45, 7) is 1.58. The van der Waals surface area contributed by atoms with Crippen molar-refractivity contribution in [3.05, 3.63) is 30.2 Å². The summed E-state index contributed by atoms with van der Waals surface area (Å²) in [5.74, 6) is 0.806. The molecule has 0 saturated carbocycles. The van der Waals surface area contributed by atoms with Crippen molar-refractivity contribution < 1.29 is 17.7 Å². The van der Waals surface area contributed by atoms with Crippen molar-refractivity contribution in [3.63, 3.8) is 0 Å². The van der Waals surface area contributed by atoms with Crippen molar-refractivity contribution >= 4 is 9.84 Å². The molecule has 2 rings (SSSR count). The second kappa shape index (κ2) is 5.40. The largest absolute Gasteiger partial charge is 0.496 e. The second-order valence-corrected chi connectivity index (χ2v) is 6.24. The number of sulfone groups is 1. The summed E-state index contributed by atoms with van der Waals surface area (Å²) in [6, 6.07) is 7.19. The van der Waals surface area contributed by atoms with E-state index in [1.807, 2.05) is 12.1 Å². The van der Waals surface area contributed by atoms with Crippen LogP contribution in [-0.4, -0.2) is 31.4 Å². The minimum absolute atomic E-state index is 0.0410. The molecule has 0 unspecified atom stereocenters. The van der Waals surface area contributed by atoms with Gasteiger partial charge in [-0.05, 0) is 12.1 Å². The quantitative estimate of drug-likeness (QED) is 0.829. The van der Waals surface area contributed by atoms with Crippen LogP contribution >= 0.6 is 0 Å². The molecule has 0 aliphatic rings. The van der Waals surface area contributed by atoms with Crippen LogP contribution in [0.15, 0.2) is 28.8 Å². The molecule has 0 saturated heterocycles. The van der Waals surface area contributed by atoms with Gasteiger partial charge in [-0.2, -0.15) is 4.98 Å². The highest BCUT2D eigenvalue weighted by Gasteiger charge is 2.17. The molecule has 19 heavy (non-hydrogen) atoms. The van der Waals surface area contributed by atoms with Crippen LogP contribution in [0.5, 0.6) is 5.75 Å². The van der Waals surface area contributed by atoms with E-state index in [0.29, 0.717) is 17.1 Å². The van der Waals surface area contributed by atoms with Crippen LogP contribution in [0, 0.1) is 0 Å². The zero-order valence-corrected chi connectivity index (χ0v) is 11.5. The molecule has 1 aromatic carbocycles. The highest BCUT2D eigenvalue weighted by molar-refractivity contribution is 7.90. The van der Waals surface area contributed by atoms with Gasteiger partial charge in [-0.15, -0.1) is 0 Å². The second-order valence-electron chi connectivity index (χ2n) is 3.89. The van der Waals surface area contributed by atoms with Gasteiger partial charge in [0.2, 0.25) is 11.7 Å². The number of hydrogen-bond donors (Lipinski definition) is 0. The van der Waals surface area contributed by atoms with Crippen molar-refractivity contribution in [2.45, 2.75) is 12.7 Å². The van der Waals surface area contributed by atoms with Crippen molar-refractivity contribution in [2.24, 2.45) is 0 Å². The number of hydrogen-bond acceptors (Lipinski definition) is 6. The van der Waals surface area contributed by atoms with Gasteiger partial charge in [-0.3, -0.25) is 0 Å². The Balaban J connectivity index is 2.31. The zero-order chi connectivity index (χ0) is 13.9. The molecule has 2 aromatic rings. The molecular weight excluding hydrogens is 268 g/mol. The first-order chi connectivity index (χ1) is 9.05. The van der Waals surface area contributed by atoms with Gasteiger partial charge in [0, 0.05) is 5.75 Å². The van der Waals surface area contributed by atoms with Gasteiger partial charge in [0.15, 0.2) is 9.84 Å². The molecular formula is C12H14N2O4S. The predicted octanol–water partition coefficient (Wildman–Crippen LogP) is 1.68. The Kier molecular flexibility index (Phi) is 3.84. The third-order valence-electron chi connectivity index (χ3n) is 2.60. The van der Waals surface area contributed by atoms with E-state index in [-0.39, 0.29) is 17.4 Å². The Hall–Kier alpha value is -1.89. The van der Waals surface area contributed by atoms with Crippen LogP contribution in [-0.2, 0) is 15.6 Å². The zero-order valence-electron chi connectivity index (χ0n) is 10.7. The Morgan fingerprint density at radius 3 is 2.74 bits per heavy atom. The third-order valence-corrected chi connectivity index (χ3v) is 4.17. The lowest BCUT2D eigenvalue weighted by atomic mass is 10.2. The van der Waals surface area contributed by atoms with Crippen LogP contribution in [0.2, 0.25) is 0 Å². The molecule has 0 atom stereocenters. The molecule has 0 radical (unpaired) electrons. The monoisotopic (exact) mass is 282 g/mol. The molecule has 0 spiro atoms. The molecule has 0 aliphatic heterocycles. The number of nitrogens with zero attached hydrogens (tertiary/aromatic N) is 2. The number of ether oxygens (including phenoxy) is 1. The molecule has 0 aliphatic carbocycles. The summed E-state index contributed by atoms with van der Waals surface area (Å²) < 4.78 is 33.1. The maximum atomic E-state index is 11.5. The maximum Gasteiger partial charge on any atom is 0.242 e. The van der Waals surface area contributed by atoms with Gasteiger partial charge in [0.1, 0.15) is 11.5 Å². The predicted molar refractivity (Wildman–Crippen MR) is 69.5 cm³/mol. The average Bonchev–Trinajstić information content (AvgIpc) is 2.86. The van der Waals surface area contributed by atoms with Gasteiger partial charge >= 0.3 is 0 Å². The van der Waals surface area contributed by atoms with E-state index in [0.717, 1.165) is 0 Å². The topological polar surface area (TPSA) is 82.3 Å². The number of aromatic nitrogens is 2. The fourth-order valence-electron chi connectivity index (χ4n) is 1.54. The third kappa shape index (κ3) is 3.11. The highest BCUT2D eigenvalue weighted by atomic mass is 32.2. The normalized spacial score (nSPS) is 11.5. The van der Waals surface area contributed by atoms with E-state index in [1.165, 1.54) is 0 Å². The first-order valence-electron chi connectivity index (χ1n) is 5.72. The minimum Gasteiger partial charge on any atom is -0.496 e. The van der Waals surface area contributed by atoms with Gasteiger partial charge in [-0.25, -0.2) is 8.42 Å². The number of para-hydroxylation sites is 1. The summed E-state index contributed by atoms with van der Waals surface area (Å²) in [7, 11) is -1.64. The van der Waals surface area contributed by atoms with Gasteiger partial charge in [-0.1, -0.05) is 24.2 Å². The SMILES string of the molecule is CCS(=O)(=O)Cc1nc(-c2ccccc2OC)no1. The highest BCUT2D eigenvalue weighted by Crippen LogP contribution is 2.27. The van der Waals surface area contributed by atoms with Gasteiger partial charge in [0.25, 0.3) is 0 Å². The Morgan fingerprint density at radius 1 is 1.32 bits per heavy atom. The summed E-state index contributed by atoms with van der Waals surface area (Å²) in [6.07, 6.45) is 0. The summed E-state index contributed by atoms with van der Waals surface area (Å²) in [4.78, 5) is 4.09. The summed E-state index contributed by atoms with van der Waals surface area (Å²) in [5.41, 5.74) is 0.661. The molecule has 6 nitrogen and oxygen atoms in total. The van der Waals surface area contributed by atoms with Crippen LogP contribution < -0.4 is 4.74 Å². The summed E-state index contributed by atoms with van der Waals surface area (Å²) in [5, 5.41) is 3.78. The fourth-order valence-corrected chi connectivity index (χ4v) is 2.24. The molecule has 1 heterocycles. The lowest BCUT2D eigenvalue weighted by Gasteiger charge is -2.02. The lowest BCUT2D eigenvalue weighted by molar-refractivity contribution is 0.388.